The zero-order valence-electron chi connectivity index (χ0n) is 10.7. The molecule has 1 amide bonds. The van der Waals surface area contributed by atoms with Crippen LogP contribution in [-0.4, -0.2) is 13.0 Å². The van der Waals surface area contributed by atoms with E-state index in [0.29, 0.717) is 27.1 Å². The number of para-hydroxylation sites is 1. The van der Waals surface area contributed by atoms with Crippen molar-refractivity contribution in [2.45, 2.75) is 0 Å². The van der Waals surface area contributed by atoms with Crippen LogP contribution in [0.3, 0.4) is 0 Å². The number of amides is 1. The minimum absolute atomic E-state index is 0.227. The third kappa shape index (κ3) is 2.91. The van der Waals surface area contributed by atoms with Crippen molar-refractivity contribution in [1.29, 1.82) is 0 Å². The maximum absolute atomic E-state index is 13.7. The van der Waals surface area contributed by atoms with Crippen molar-refractivity contribution >= 4 is 38.9 Å². The van der Waals surface area contributed by atoms with Gasteiger partial charge in [-0.2, -0.15) is 0 Å². The zero-order valence-corrected chi connectivity index (χ0v) is 12.3. The lowest BCUT2D eigenvalue weighted by atomic mass is 10.1. The van der Waals surface area contributed by atoms with Gasteiger partial charge in [-0.25, -0.2) is 4.39 Å². The summed E-state index contributed by atoms with van der Waals surface area (Å²) in [6, 6.07) is 9.46. The molecule has 2 aromatic rings. The average Bonchev–Trinajstić information content (AvgIpc) is 2.43. The molecule has 0 aromatic heterocycles. The Morgan fingerprint density at radius 3 is 2.65 bits per heavy atom. The maximum Gasteiger partial charge on any atom is 0.251 e. The van der Waals surface area contributed by atoms with Crippen molar-refractivity contribution in [1.82, 2.24) is 5.32 Å². The van der Waals surface area contributed by atoms with Gasteiger partial charge in [0.15, 0.2) is 0 Å². The van der Waals surface area contributed by atoms with Crippen molar-refractivity contribution in [3.63, 3.8) is 0 Å². The van der Waals surface area contributed by atoms with Crippen molar-refractivity contribution < 1.29 is 9.18 Å². The molecule has 0 unspecified atom stereocenters. The lowest BCUT2D eigenvalue weighted by molar-refractivity contribution is 0.0963. The van der Waals surface area contributed by atoms with Gasteiger partial charge in [-0.15, -0.1) is 0 Å². The molecular formula is C14H13BrFN3O. The van der Waals surface area contributed by atoms with E-state index in [0.717, 1.165) is 0 Å². The van der Waals surface area contributed by atoms with E-state index < -0.39 is 5.82 Å². The second-order valence-corrected chi connectivity index (χ2v) is 4.96. The summed E-state index contributed by atoms with van der Waals surface area (Å²) in [5.41, 5.74) is 7.52. The average molecular weight is 338 g/mol. The molecule has 0 aliphatic rings. The van der Waals surface area contributed by atoms with Crippen molar-refractivity contribution in [3.8, 4) is 0 Å². The van der Waals surface area contributed by atoms with E-state index in [1.165, 1.54) is 12.1 Å². The summed E-state index contributed by atoms with van der Waals surface area (Å²) in [5.74, 6) is -0.621. The topological polar surface area (TPSA) is 67.2 Å². The number of nitrogens with two attached hydrogens (primary N) is 1. The molecule has 0 saturated heterocycles. The lowest BCUT2D eigenvalue weighted by Gasteiger charge is -2.12. The predicted octanol–water partition coefficient (Wildman–Crippen LogP) is 3.27. The molecule has 0 aliphatic carbocycles. The van der Waals surface area contributed by atoms with Gasteiger partial charge in [-0.3, -0.25) is 4.79 Å². The van der Waals surface area contributed by atoms with Crippen LogP contribution in [0.1, 0.15) is 10.4 Å². The van der Waals surface area contributed by atoms with Crippen LogP contribution < -0.4 is 16.4 Å². The summed E-state index contributed by atoms with van der Waals surface area (Å²) < 4.78 is 14.3. The summed E-state index contributed by atoms with van der Waals surface area (Å²) in [4.78, 5) is 11.5. The highest BCUT2D eigenvalue weighted by Gasteiger charge is 2.10. The molecule has 0 spiro atoms. The van der Waals surface area contributed by atoms with E-state index in [1.54, 1.807) is 31.3 Å². The van der Waals surface area contributed by atoms with Crippen molar-refractivity contribution in [3.05, 3.63) is 52.3 Å². The quantitative estimate of drug-likeness (QED) is 0.753. The standard InChI is InChI=1S/C14H13BrFN3O/c1-18-14(20)8-5-6-12(11(17)7-8)19-13-9(15)3-2-4-10(13)16/h2-7,19H,17H2,1H3,(H,18,20). The van der Waals surface area contributed by atoms with Gasteiger partial charge in [0.25, 0.3) is 5.91 Å². The summed E-state index contributed by atoms with van der Waals surface area (Å²) in [5, 5.41) is 5.43. The van der Waals surface area contributed by atoms with Crippen LogP contribution in [0.2, 0.25) is 0 Å². The van der Waals surface area contributed by atoms with Gasteiger partial charge in [-0.1, -0.05) is 6.07 Å². The number of carbonyl (C=O) groups is 1. The molecule has 20 heavy (non-hydrogen) atoms. The predicted molar refractivity (Wildman–Crippen MR) is 81.6 cm³/mol. The van der Waals surface area contributed by atoms with Crippen LogP contribution in [0.5, 0.6) is 0 Å². The van der Waals surface area contributed by atoms with Crippen LogP contribution >= 0.6 is 15.9 Å². The van der Waals surface area contributed by atoms with Crippen LogP contribution in [0, 0.1) is 5.82 Å². The van der Waals surface area contributed by atoms with Gasteiger partial charge in [0.1, 0.15) is 5.82 Å². The number of benzene rings is 2. The number of halogens is 2. The van der Waals surface area contributed by atoms with Crippen LogP contribution in [0.25, 0.3) is 0 Å². The molecule has 104 valence electrons. The molecule has 2 aromatic carbocycles. The molecule has 2 rings (SSSR count). The Morgan fingerprint density at radius 1 is 1.30 bits per heavy atom. The van der Waals surface area contributed by atoms with Gasteiger partial charge in [0.2, 0.25) is 0 Å². The van der Waals surface area contributed by atoms with Gasteiger partial charge in [-0.05, 0) is 46.3 Å². The summed E-state index contributed by atoms with van der Waals surface area (Å²) >= 11 is 3.27. The van der Waals surface area contributed by atoms with Gasteiger partial charge in [0, 0.05) is 17.1 Å². The van der Waals surface area contributed by atoms with Crippen molar-refractivity contribution in [2.24, 2.45) is 0 Å². The second kappa shape index (κ2) is 5.92. The molecule has 0 radical (unpaired) electrons. The number of anilines is 3. The first-order valence-corrected chi connectivity index (χ1v) is 6.65. The highest BCUT2D eigenvalue weighted by atomic mass is 79.9. The first-order valence-electron chi connectivity index (χ1n) is 5.85. The van der Waals surface area contributed by atoms with Gasteiger partial charge >= 0.3 is 0 Å². The monoisotopic (exact) mass is 337 g/mol. The number of hydrogen-bond donors (Lipinski definition) is 3. The number of rotatable bonds is 3. The highest BCUT2D eigenvalue weighted by molar-refractivity contribution is 9.10. The largest absolute Gasteiger partial charge is 0.397 e. The Balaban J connectivity index is 2.33. The molecule has 0 saturated carbocycles. The fraction of sp³-hybridized carbons (Fsp3) is 0.0714. The third-order valence-corrected chi connectivity index (χ3v) is 3.42. The molecular weight excluding hydrogens is 325 g/mol. The number of carbonyl (C=O) groups excluding carboxylic acids is 1. The Hall–Kier alpha value is -2.08. The van der Waals surface area contributed by atoms with E-state index >= 15 is 0 Å². The molecule has 0 fully saturated rings. The summed E-state index contributed by atoms with van der Waals surface area (Å²) in [7, 11) is 1.54. The molecule has 0 aliphatic heterocycles. The number of nitrogen functional groups attached to an aromatic ring is 1. The molecule has 0 atom stereocenters. The minimum atomic E-state index is -0.394. The Labute approximate surface area is 124 Å². The molecule has 0 heterocycles. The molecule has 4 N–H and O–H groups in total. The SMILES string of the molecule is CNC(=O)c1ccc(Nc2c(F)cccc2Br)c(N)c1. The van der Waals surface area contributed by atoms with Gasteiger partial charge in [0.05, 0.1) is 17.1 Å². The summed E-state index contributed by atoms with van der Waals surface area (Å²) in [6.45, 7) is 0. The van der Waals surface area contributed by atoms with Crippen molar-refractivity contribution in [2.75, 3.05) is 18.1 Å². The first kappa shape index (κ1) is 14.3. The number of nitrogens with one attached hydrogen (secondary N) is 2. The number of hydrogen-bond acceptors (Lipinski definition) is 3. The van der Waals surface area contributed by atoms with Crippen LogP contribution in [0.15, 0.2) is 40.9 Å². The normalized spacial score (nSPS) is 10.2. The van der Waals surface area contributed by atoms with Gasteiger partial charge < -0.3 is 16.4 Å². The Morgan fingerprint density at radius 2 is 2.05 bits per heavy atom. The Bertz CT molecular complexity index is 641. The maximum atomic E-state index is 13.7. The van der Waals surface area contributed by atoms with E-state index in [4.69, 9.17) is 5.73 Å². The second-order valence-electron chi connectivity index (χ2n) is 4.10. The molecule has 6 heteroatoms. The fourth-order valence-electron chi connectivity index (χ4n) is 1.71. The zero-order chi connectivity index (χ0) is 14.7. The third-order valence-electron chi connectivity index (χ3n) is 2.76. The van der Waals surface area contributed by atoms with E-state index in [9.17, 15) is 9.18 Å². The minimum Gasteiger partial charge on any atom is -0.397 e. The summed E-state index contributed by atoms with van der Waals surface area (Å²) in [6.07, 6.45) is 0. The van der Waals surface area contributed by atoms with Crippen LogP contribution in [0.4, 0.5) is 21.5 Å². The van der Waals surface area contributed by atoms with E-state index in [-0.39, 0.29) is 5.91 Å². The van der Waals surface area contributed by atoms with Crippen LogP contribution in [-0.2, 0) is 0 Å². The highest BCUT2D eigenvalue weighted by Crippen LogP contribution is 2.31. The first-order chi connectivity index (χ1) is 9.52. The molecule has 4 nitrogen and oxygen atoms in total. The van der Waals surface area contributed by atoms with E-state index in [1.807, 2.05) is 0 Å². The molecule has 0 bridgehead atoms. The smallest absolute Gasteiger partial charge is 0.251 e. The Kier molecular flexibility index (Phi) is 4.24. The van der Waals surface area contributed by atoms with E-state index in [2.05, 4.69) is 26.6 Å². The fourth-order valence-corrected chi connectivity index (χ4v) is 2.16. The lowest BCUT2D eigenvalue weighted by Crippen LogP contribution is -2.18.